The van der Waals surface area contributed by atoms with E-state index in [0.29, 0.717) is 0 Å². The minimum atomic E-state index is -1.39. The Kier molecular flexibility index (Phi) is 9.49. The van der Waals surface area contributed by atoms with Gasteiger partial charge < -0.3 is 42.3 Å². The van der Waals surface area contributed by atoms with Crippen molar-refractivity contribution < 1.29 is 38.5 Å². The van der Waals surface area contributed by atoms with Gasteiger partial charge in [-0.25, -0.2) is 0 Å². The Bertz CT molecular complexity index is 470. The van der Waals surface area contributed by atoms with Crippen molar-refractivity contribution in [1.29, 1.82) is 0 Å². The molecule has 12 heteroatoms. The first-order chi connectivity index (χ1) is 11.1. The number of nitrogens with two attached hydrogens (primary N) is 4. The quantitative estimate of drug-likeness (QED) is 0.188. The van der Waals surface area contributed by atoms with Gasteiger partial charge in [0, 0.05) is 0 Å². The summed E-state index contributed by atoms with van der Waals surface area (Å²) in [6, 6.07) is -4.89. The van der Waals surface area contributed by atoms with Crippen LogP contribution in [0.2, 0.25) is 0 Å². The molecule has 0 spiro atoms. The van der Waals surface area contributed by atoms with Gasteiger partial charge in [0.2, 0.25) is 0 Å². The van der Waals surface area contributed by atoms with Gasteiger partial charge in [0.15, 0.2) is 0 Å². The Labute approximate surface area is 137 Å². The standard InChI is InChI=1S/C12H22N4O8/c1-5(13)10(19)22-3-7(15)12(21)24-4-8(16)11(20)23-2-6(14)9(17)18/h5-8H,2-4,13-16H2,1H3,(H,17,18)/t5-,6-,7-,8-/m0/s1. The SMILES string of the molecule is C[C@H](N)C(=O)OC[C@H](N)C(=O)OC[C@H](N)C(=O)OC[C@H](N)C(=O)O. The van der Waals surface area contributed by atoms with Crippen LogP contribution in [-0.2, 0) is 33.4 Å². The summed E-state index contributed by atoms with van der Waals surface area (Å²) in [6.07, 6.45) is 0. The lowest BCUT2D eigenvalue weighted by atomic mass is 10.3. The van der Waals surface area contributed by atoms with Crippen LogP contribution in [0.1, 0.15) is 6.92 Å². The summed E-state index contributed by atoms with van der Waals surface area (Å²) in [7, 11) is 0. The molecule has 0 bridgehead atoms. The molecule has 4 atom stereocenters. The highest BCUT2D eigenvalue weighted by molar-refractivity contribution is 5.80. The number of esters is 3. The Morgan fingerprint density at radius 1 is 0.750 bits per heavy atom. The summed E-state index contributed by atoms with van der Waals surface area (Å²) in [5, 5.41) is 8.52. The molecule has 0 saturated heterocycles. The van der Waals surface area contributed by atoms with Crippen molar-refractivity contribution in [3.63, 3.8) is 0 Å². The molecule has 0 aromatic carbocycles. The molecule has 0 aromatic rings. The molecule has 0 aliphatic carbocycles. The lowest BCUT2D eigenvalue weighted by molar-refractivity contribution is -0.154. The summed E-state index contributed by atoms with van der Waals surface area (Å²) in [5.74, 6) is -4.06. The highest BCUT2D eigenvalue weighted by Crippen LogP contribution is 1.94. The molecular formula is C12H22N4O8. The summed E-state index contributed by atoms with van der Waals surface area (Å²) < 4.78 is 13.9. The van der Waals surface area contributed by atoms with Crippen molar-refractivity contribution in [3.05, 3.63) is 0 Å². The number of ether oxygens (including phenoxy) is 3. The second kappa shape index (κ2) is 10.5. The topological polar surface area (TPSA) is 220 Å². The third-order valence-electron chi connectivity index (χ3n) is 2.51. The zero-order valence-electron chi connectivity index (χ0n) is 13.0. The normalized spacial score (nSPS) is 15.5. The smallest absolute Gasteiger partial charge is 0.326 e. The molecule has 9 N–H and O–H groups in total. The fraction of sp³-hybridized carbons (Fsp3) is 0.667. The van der Waals surface area contributed by atoms with Gasteiger partial charge >= 0.3 is 23.9 Å². The van der Waals surface area contributed by atoms with Crippen LogP contribution < -0.4 is 22.9 Å². The van der Waals surface area contributed by atoms with E-state index in [9.17, 15) is 19.2 Å². The number of hydrogen-bond donors (Lipinski definition) is 5. The summed E-state index contributed by atoms with van der Waals surface area (Å²) in [5.41, 5.74) is 21.2. The molecule has 0 aliphatic rings. The van der Waals surface area contributed by atoms with E-state index < -0.39 is 67.9 Å². The molecular weight excluding hydrogens is 328 g/mol. The molecule has 0 fully saturated rings. The molecule has 0 rings (SSSR count). The van der Waals surface area contributed by atoms with Gasteiger partial charge in [-0.3, -0.25) is 19.2 Å². The van der Waals surface area contributed by atoms with Crippen LogP contribution in [0.15, 0.2) is 0 Å². The first-order valence-electron chi connectivity index (χ1n) is 6.81. The van der Waals surface area contributed by atoms with Crippen LogP contribution in [0.25, 0.3) is 0 Å². The van der Waals surface area contributed by atoms with E-state index in [1.165, 1.54) is 6.92 Å². The van der Waals surface area contributed by atoms with E-state index in [1.807, 2.05) is 0 Å². The maximum absolute atomic E-state index is 11.5. The molecule has 0 radical (unpaired) electrons. The van der Waals surface area contributed by atoms with E-state index in [0.717, 1.165) is 0 Å². The highest BCUT2D eigenvalue weighted by atomic mass is 16.6. The molecule has 0 aliphatic heterocycles. The average molecular weight is 350 g/mol. The zero-order chi connectivity index (χ0) is 18.9. The van der Waals surface area contributed by atoms with Crippen LogP contribution in [0.5, 0.6) is 0 Å². The fourth-order valence-electron chi connectivity index (χ4n) is 1.07. The van der Waals surface area contributed by atoms with Crippen molar-refractivity contribution in [1.82, 2.24) is 0 Å². The zero-order valence-corrected chi connectivity index (χ0v) is 13.0. The van der Waals surface area contributed by atoms with Crippen molar-refractivity contribution in [2.24, 2.45) is 22.9 Å². The Morgan fingerprint density at radius 2 is 1.08 bits per heavy atom. The molecule has 0 aromatic heterocycles. The van der Waals surface area contributed by atoms with Crippen LogP contribution in [-0.4, -0.2) is 73.0 Å². The monoisotopic (exact) mass is 350 g/mol. The molecule has 0 amide bonds. The first-order valence-corrected chi connectivity index (χ1v) is 6.81. The summed E-state index contributed by atoms with van der Waals surface area (Å²) >= 11 is 0. The van der Waals surface area contributed by atoms with Crippen molar-refractivity contribution in [2.75, 3.05) is 19.8 Å². The average Bonchev–Trinajstić information content (AvgIpc) is 2.53. The molecule has 12 nitrogen and oxygen atoms in total. The first kappa shape index (κ1) is 21.7. The fourth-order valence-corrected chi connectivity index (χ4v) is 1.07. The van der Waals surface area contributed by atoms with E-state index in [2.05, 4.69) is 14.2 Å². The van der Waals surface area contributed by atoms with Gasteiger partial charge in [-0.05, 0) is 6.92 Å². The number of aliphatic carboxylic acids is 1. The van der Waals surface area contributed by atoms with Crippen LogP contribution in [0.4, 0.5) is 0 Å². The van der Waals surface area contributed by atoms with Crippen molar-refractivity contribution in [2.45, 2.75) is 31.1 Å². The number of hydrogen-bond acceptors (Lipinski definition) is 11. The number of carboxylic acid groups (broad SMARTS) is 1. The maximum atomic E-state index is 11.5. The lowest BCUT2D eigenvalue weighted by Crippen LogP contribution is -2.44. The lowest BCUT2D eigenvalue weighted by Gasteiger charge is -2.16. The minimum Gasteiger partial charge on any atom is -0.480 e. The predicted octanol–water partition coefficient (Wildman–Crippen LogP) is -3.97. The molecule has 0 heterocycles. The van der Waals surface area contributed by atoms with Crippen molar-refractivity contribution >= 4 is 23.9 Å². The second-order valence-electron chi connectivity index (χ2n) is 4.84. The maximum Gasteiger partial charge on any atom is 0.326 e. The van der Waals surface area contributed by atoms with Crippen LogP contribution >= 0.6 is 0 Å². The number of rotatable bonds is 10. The van der Waals surface area contributed by atoms with Gasteiger partial charge in [0.1, 0.15) is 44.0 Å². The third kappa shape index (κ3) is 8.38. The predicted molar refractivity (Wildman–Crippen MR) is 78.1 cm³/mol. The molecule has 138 valence electrons. The van der Waals surface area contributed by atoms with E-state index in [-0.39, 0.29) is 0 Å². The van der Waals surface area contributed by atoms with Gasteiger partial charge in [-0.1, -0.05) is 0 Å². The highest BCUT2D eigenvalue weighted by Gasteiger charge is 2.23. The Hall–Kier alpha value is -2.28. The van der Waals surface area contributed by atoms with E-state index >= 15 is 0 Å². The van der Waals surface area contributed by atoms with Crippen LogP contribution in [0, 0.1) is 0 Å². The number of carboxylic acids is 1. The molecule has 0 unspecified atom stereocenters. The Balaban J connectivity index is 4.13. The van der Waals surface area contributed by atoms with Gasteiger partial charge in [0.25, 0.3) is 0 Å². The largest absolute Gasteiger partial charge is 0.480 e. The Morgan fingerprint density at radius 3 is 1.42 bits per heavy atom. The molecule has 0 saturated carbocycles. The van der Waals surface area contributed by atoms with Gasteiger partial charge in [-0.15, -0.1) is 0 Å². The van der Waals surface area contributed by atoms with Crippen molar-refractivity contribution in [3.8, 4) is 0 Å². The van der Waals surface area contributed by atoms with Crippen LogP contribution in [0.3, 0.4) is 0 Å². The van der Waals surface area contributed by atoms with E-state index in [4.69, 9.17) is 28.0 Å². The third-order valence-corrected chi connectivity index (χ3v) is 2.51. The summed E-state index contributed by atoms with van der Waals surface area (Å²) in [6.45, 7) is -0.198. The molecule has 24 heavy (non-hydrogen) atoms. The number of carbonyl (C=O) groups excluding carboxylic acids is 3. The summed E-state index contributed by atoms with van der Waals surface area (Å²) in [4.78, 5) is 44.5. The van der Waals surface area contributed by atoms with E-state index in [1.54, 1.807) is 0 Å². The second-order valence-corrected chi connectivity index (χ2v) is 4.84. The minimum absolute atomic E-state index is 0.452. The van der Waals surface area contributed by atoms with Gasteiger partial charge in [-0.2, -0.15) is 0 Å². The number of carbonyl (C=O) groups is 4. The van der Waals surface area contributed by atoms with Gasteiger partial charge in [0.05, 0.1) is 0 Å².